The van der Waals surface area contributed by atoms with Gasteiger partial charge in [-0.3, -0.25) is 19.3 Å². The molecule has 3 rings (SSSR count). The van der Waals surface area contributed by atoms with Crippen molar-refractivity contribution in [1.82, 2.24) is 0 Å². The van der Waals surface area contributed by atoms with Gasteiger partial charge in [-0.1, -0.05) is 25.1 Å². The number of methoxy groups -OCH3 is 1. The second-order valence-electron chi connectivity index (χ2n) is 6.59. The smallest absolute Gasteiger partial charge is 0.294 e. The van der Waals surface area contributed by atoms with Crippen molar-refractivity contribution in [1.29, 1.82) is 0 Å². The van der Waals surface area contributed by atoms with Crippen LogP contribution in [0.25, 0.3) is 0 Å². The number of hydrogen-bond acceptors (Lipinski definition) is 5. The minimum Gasteiger partial charge on any atom is -0.503 e. The SMILES string of the molecule is CCC(=O)C1=C(O)C(=O)N(c2ccc(NC(C)=O)cc2)C1c1ccccc1OC. The molecular formula is C22H22N2O5. The molecule has 2 aromatic rings. The highest BCUT2D eigenvalue weighted by molar-refractivity contribution is 6.16. The van der Waals surface area contributed by atoms with Gasteiger partial charge in [0, 0.05) is 30.3 Å². The second-order valence-corrected chi connectivity index (χ2v) is 6.59. The zero-order valence-corrected chi connectivity index (χ0v) is 16.4. The number of Topliss-reactive ketones (excluding diaryl/α,β-unsaturated/α-hetero) is 1. The molecule has 7 nitrogen and oxygen atoms in total. The molecule has 0 aliphatic carbocycles. The predicted molar refractivity (Wildman–Crippen MR) is 109 cm³/mol. The Morgan fingerprint density at radius 1 is 1.14 bits per heavy atom. The molecule has 29 heavy (non-hydrogen) atoms. The highest BCUT2D eigenvalue weighted by Crippen LogP contribution is 2.44. The number of nitrogens with zero attached hydrogens (tertiary/aromatic N) is 1. The summed E-state index contributed by atoms with van der Waals surface area (Å²) in [5.74, 6) is -1.24. The summed E-state index contributed by atoms with van der Waals surface area (Å²) in [5, 5.41) is 13.2. The van der Waals surface area contributed by atoms with Crippen LogP contribution >= 0.6 is 0 Å². The van der Waals surface area contributed by atoms with Gasteiger partial charge in [0.2, 0.25) is 5.91 Å². The molecule has 0 fully saturated rings. The number of ketones is 1. The monoisotopic (exact) mass is 394 g/mol. The molecule has 7 heteroatoms. The first-order valence-electron chi connectivity index (χ1n) is 9.19. The average molecular weight is 394 g/mol. The third kappa shape index (κ3) is 3.71. The van der Waals surface area contributed by atoms with Crippen molar-refractivity contribution in [3.8, 4) is 5.75 Å². The molecule has 1 heterocycles. The zero-order valence-electron chi connectivity index (χ0n) is 16.4. The summed E-state index contributed by atoms with van der Waals surface area (Å²) in [5.41, 5.74) is 1.69. The van der Waals surface area contributed by atoms with E-state index in [0.717, 1.165) is 0 Å². The molecule has 0 radical (unpaired) electrons. The number of ether oxygens (including phenoxy) is 1. The van der Waals surface area contributed by atoms with Crippen LogP contribution in [0, 0.1) is 0 Å². The van der Waals surface area contributed by atoms with E-state index < -0.39 is 17.7 Å². The normalized spacial score (nSPS) is 16.2. The molecule has 0 bridgehead atoms. The van der Waals surface area contributed by atoms with Crippen LogP contribution in [0.1, 0.15) is 31.9 Å². The maximum Gasteiger partial charge on any atom is 0.294 e. The van der Waals surface area contributed by atoms with Crippen molar-refractivity contribution in [3.63, 3.8) is 0 Å². The zero-order chi connectivity index (χ0) is 21.1. The second kappa shape index (κ2) is 8.18. The van der Waals surface area contributed by atoms with Gasteiger partial charge in [0.1, 0.15) is 5.75 Å². The number of carbonyl (C=O) groups excluding carboxylic acids is 3. The summed E-state index contributed by atoms with van der Waals surface area (Å²) < 4.78 is 5.44. The number of amides is 2. The van der Waals surface area contributed by atoms with Crippen molar-refractivity contribution >= 4 is 29.0 Å². The highest BCUT2D eigenvalue weighted by atomic mass is 16.5. The number of benzene rings is 2. The lowest BCUT2D eigenvalue weighted by molar-refractivity contribution is -0.118. The van der Waals surface area contributed by atoms with Crippen molar-refractivity contribution < 1.29 is 24.2 Å². The van der Waals surface area contributed by atoms with Gasteiger partial charge >= 0.3 is 0 Å². The number of rotatable bonds is 6. The first-order chi connectivity index (χ1) is 13.9. The molecule has 2 amide bonds. The molecule has 0 saturated heterocycles. The maximum absolute atomic E-state index is 12.9. The van der Waals surface area contributed by atoms with Crippen LogP contribution in [0.3, 0.4) is 0 Å². The summed E-state index contributed by atoms with van der Waals surface area (Å²) >= 11 is 0. The molecule has 0 aromatic heterocycles. The van der Waals surface area contributed by atoms with Gasteiger partial charge in [0.05, 0.1) is 18.7 Å². The molecule has 2 aromatic carbocycles. The van der Waals surface area contributed by atoms with E-state index in [4.69, 9.17) is 4.74 Å². The average Bonchev–Trinajstić information content (AvgIpc) is 2.98. The predicted octanol–water partition coefficient (Wildman–Crippen LogP) is 3.53. The Bertz CT molecular complexity index is 995. The molecular weight excluding hydrogens is 372 g/mol. The summed E-state index contributed by atoms with van der Waals surface area (Å²) in [6, 6.07) is 12.9. The number of carbonyl (C=O) groups is 3. The van der Waals surface area contributed by atoms with E-state index in [1.54, 1.807) is 55.5 Å². The fourth-order valence-corrected chi connectivity index (χ4v) is 3.44. The topological polar surface area (TPSA) is 95.9 Å². The summed E-state index contributed by atoms with van der Waals surface area (Å²) in [7, 11) is 1.51. The fourth-order valence-electron chi connectivity index (χ4n) is 3.44. The number of nitrogens with one attached hydrogen (secondary N) is 1. The Labute approximate surface area is 168 Å². The largest absolute Gasteiger partial charge is 0.503 e. The minimum absolute atomic E-state index is 0.0490. The summed E-state index contributed by atoms with van der Waals surface area (Å²) in [6.45, 7) is 3.08. The summed E-state index contributed by atoms with van der Waals surface area (Å²) in [6.07, 6.45) is 0.146. The lowest BCUT2D eigenvalue weighted by Gasteiger charge is -2.28. The molecule has 1 unspecified atom stereocenters. The molecule has 1 atom stereocenters. The Morgan fingerprint density at radius 2 is 1.79 bits per heavy atom. The molecule has 0 saturated carbocycles. The van der Waals surface area contributed by atoms with E-state index >= 15 is 0 Å². The first-order valence-corrected chi connectivity index (χ1v) is 9.19. The quantitative estimate of drug-likeness (QED) is 0.781. The van der Waals surface area contributed by atoms with Gasteiger partial charge in [0.25, 0.3) is 5.91 Å². The lowest BCUT2D eigenvalue weighted by Crippen LogP contribution is -2.31. The van der Waals surface area contributed by atoms with Crippen molar-refractivity contribution in [2.24, 2.45) is 0 Å². The lowest BCUT2D eigenvalue weighted by atomic mass is 9.94. The van der Waals surface area contributed by atoms with Gasteiger partial charge in [-0.2, -0.15) is 0 Å². The van der Waals surface area contributed by atoms with Crippen LogP contribution in [0.15, 0.2) is 59.9 Å². The highest BCUT2D eigenvalue weighted by Gasteiger charge is 2.44. The van der Waals surface area contributed by atoms with E-state index in [0.29, 0.717) is 22.7 Å². The number of hydrogen-bond donors (Lipinski definition) is 2. The van der Waals surface area contributed by atoms with E-state index in [-0.39, 0.29) is 23.7 Å². The molecule has 2 N–H and O–H groups in total. The Balaban J connectivity index is 2.13. The van der Waals surface area contributed by atoms with Crippen LogP contribution in [-0.2, 0) is 14.4 Å². The van der Waals surface area contributed by atoms with E-state index in [1.807, 2.05) is 0 Å². The minimum atomic E-state index is -0.822. The van der Waals surface area contributed by atoms with Crippen LogP contribution < -0.4 is 15.0 Å². The summed E-state index contributed by atoms with van der Waals surface area (Å²) in [4.78, 5) is 38.2. The Kier molecular flexibility index (Phi) is 5.68. The van der Waals surface area contributed by atoms with Crippen molar-refractivity contribution in [2.75, 3.05) is 17.3 Å². The first kappa shape index (κ1) is 20.1. The van der Waals surface area contributed by atoms with Crippen LogP contribution in [-0.4, -0.2) is 29.8 Å². The van der Waals surface area contributed by atoms with Gasteiger partial charge in [-0.25, -0.2) is 0 Å². The Hall–Kier alpha value is -3.61. The molecule has 1 aliphatic rings. The third-order valence-corrected chi connectivity index (χ3v) is 4.73. The number of anilines is 2. The van der Waals surface area contributed by atoms with Crippen LogP contribution in [0.2, 0.25) is 0 Å². The molecule has 1 aliphatic heterocycles. The van der Waals surface area contributed by atoms with Gasteiger partial charge in [0.15, 0.2) is 11.5 Å². The Morgan fingerprint density at radius 3 is 2.38 bits per heavy atom. The third-order valence-electron chi connectivity index (χ3n) is 4.73. The van der Waals surface area contributed by atoms with Gasteiger partial charge in [-0.15, -0.1) is 0 Å². The standard InChI is InChI=1S/C22H22N2O5/c1-4-17(26)19-20(16-7-5-6-8-18(16)29-3)24(22(28)21(19)27)15-11-9-14(10-12-15)23-13(2)25/h5-12,20,27H,4H2,1-3H3,(H,23,25). The fraction of sp³-hybridized carbons (Fsp3) is 0.227. The molecule has 0 spiro atoms. The van der Waals surface area contributed by atoms with Crippen molar-refractivity contribution in [2.45, 2.75) is 26.3 Å². The van der Waals surface area contributed by atoms with Crippen LogP contribution in [0.5, 0.6) is 5.75 Å². The van der Waals surface area contributed by atoms with Gasteiger partial charge < -0.3 is 15.2 Å². The van der Waals surface area contributed by atoms with Crippen LogP contribution in [0.4, 0.5) is 11.4 Å². The van der Waals surface area contributed by atoms with E-state index in [1.165, 1.54) is 18.9 Å². The van der Waals surface area contributed by atoms with Gasteiger partial charge in [-0.05, 0) is 30.3 Å². The number of aliphatic hydroxyl groups excluding tert-OH is 1. The number of para-hydroxylation sites is 1. The molecule has 150 valence electrons. The maximum atomic E-state index is 12.9. The number of aliphatic hydroxyl groups is 1. The van der Waals surface area contributed by atoms with E-state index in [2.05, 4.69) is 5.32 Å². The van der Waals surface area contributed by atoms with E-state index in [9.17, 15) is 19.5 Å². The van der Waals surface area contributed by atoms with Crippen molar-refractivity contribution in [3.05, 3.63) is 65.4 Å².